The number of aliphatic hydroxyl groups is 1. The third-order valence-electron chi connectivity index (χ3n) is 3.90. The molecule has 2 N–H and O–H groups in total. The smallest absolute Gasteiger partial charge is 0.0499 e. The van der Waals surface area contributed by atoms with Crippen molar-refractivity contribution < 1.29 is 5.11 Å². The minimum Gasteiger partial charge on any atom is -0.396 e. The lowest BCUT2D eigenvalue weighted by Gasteiger charge is -2.37. The van der Waals surface area contributed by atoms with Gasteiger partial charge < -0.3 is 10.4 Å². The fourth-order valence-electron chi connectivity index (χ4n) is 2.87. The van der Waals surface area contributed by atoms with E-state index in [4.69, 9.17) is 0 Å². The van der Waals surface area contributed by atoms with Gasteiger partial charge in [0.25, 0.3) is 0 Å². The standard InChI is InChI=1S/C14H29NO/c1-12(2)9-13(3)15-10-14(11-16)7-5-4-6-8-14/h12-13,15-16H,4-11H2,1-3H3. The summed E-state index contributed by atoms with van der Waals surface area (Å²) in [4.78, 5) is 0. The first-order valence-corrected chi connectivity index (χ1v) is 6.92. The van der Waals surface area contributed by atoms with Gasteiger partial charge in [0.2, 0.25) is 0 Å². The molecule has 0 spiro atoms. The van der Waals surface area contributed by atoms with Crippen LogP contribution in [0.1, 0.15) is 59.3 Å². The van der Waals surface area contributed by atoms with Crippen molar-refractivity contribution in [3.8, 4) is 0 Å². The number of hydrogen-bond donors (Lipinski definition) is 2. The van der Waals surface area contributed by atoms with E-state index < -0.39 is 0 Å². The molecule has 0 radical (unpaired) electrons. The molecule has 2 nitrogen and oxygen atoms in total. The van der Waals surface area contributed by atoms with Gasteiger partial charge in [0.15, 0.2) is 0 Å². The van der Waals surface area contributed by atoms with E-state index in [9.17, 15) is 5.11 Å². The zero-order chi connectivity index (χ0) is 12.0. The Morgan fingerprint density at radius 3 is 2.25 bits per heavy atom. The predicted molar refractivity (Wildman–Crippen MR) is 69.5 cm³/mol. The zero-order valence-corrected chi connectivity index (χ0v) is 11.3. The summed E-state index contributed by atoms with van der Waals surface area (Å²) < 4.78 is 0. The second kappa shape index (κ2) is 6.61. The number of hydrogen-bond acceptors (Lipinski definition) is 2. The molecule has 0 aliphatic heterocycles. The minimum absolute atomic E-state index is 0.184. The lowest BCUT2D eigenvalue weighted by molar-refractivity contribution is 0.0781. The summed E-state index contributed by atoms with van der Waals surface area (Å²) in [5.74, 6) is 0.749. The minimum atomic E-state index is 0.184. The van der Waals surface area contributed by atoms with Crippen molar-refractivity contribution in [2.75, 3.05) is 13.2 Å². The van der Waals surface area contributed by atoms with Crippen LogP contribution < -0.4 is 5.32 Å². The van der Waals surface area contributed by atoms with Crippen LogP contribution in [0.3, 0.4) is 0 Å². The van der Waals surface area contributed by atoms with Crippen molar-refractivity contribution >= 4 is 0 Å². The van der Waals surface area contributed by atoms with Crippen LogP contribution in [0.2, 0.25) is 0 Å². The van der Waals surface area contributed by atoms with Crippen molar-refractivity contribution in [2.24, 2.45) is 11.3 Å². The maximum absolute atomic E-state index is 9.60. The normalized spacial score (nSPS) is 22.3. The Morgan fingerprint density at radius 2 is 1.75 bits per heavy atom. The maximum atomic E-state index is 9.60. The molecule has 16 heavy (non-hydrogen) atoms. The Kier molecular flexibility index (Phi) is 5.77. The molecular weight excluding hydrogens is 198 g/mol. The van der Waals surface area contributed by atoms with E-state index >= 15 is 0 Å². The Labute approximate surface area is 101 Å². The molecule has 96 valence electrons. The Bertz CT molecular complexity index is 185. The van der Waals surface area contributed by atoms with Crippen molar-refractivity contribution in [1.82, 2.24) is 5.32 Å². The lowest BCUT2D eigenvalue weighted by Crippen LogP contribution is -2.42. The van der Waals surface area contributed by atoms with E-state index in [-0.39, 0.29) is 5.41 Å². The number of nitrogens with one attached hydrogen (secondary N) is 1. The Hall–Kier alpha value is -0.0800. The highest BCUT2D eigenvalue weighted by molar-refractivity contribution is 4.85. The summed E-state index contributed by atoms with van der Waals surface area (Å²) in [6.07, 6.45) is 7.56. The molecule has 1 unspecified atom stereocenters. The average molecular weight is 227 g/mol. The highest BCUT2D eigenvalue weighted by Crippen LogP contribution is 2.35. The molecule has 1 atom stereocenters. The third-order valence-corrected chi connectivity index (χ3v) is 3.90. The Morgan fingerprint density at radius 1 is 1.12 bits per heavy atom. The van der Waals surface area contributed by atoms with Gasteiger partial charge in [-0.3, -0.25) is 0 Å². The van der Waals surface area contributed by atoms with Gasteiger partial charge in [0.05, 0.1) is 0 Å². The fraction of sp³-hybridized carbons (Fsp3) is 1.00. The summed E-state index contributed by atoms with van der Waals surface area (Å²) in [5.41, 5.74) is 0.184. The van der Waals surface area contributed by atoms with Crippen LogP contribution in [-0.4, -0.2) is 24.3 Å². The quantitative estimate of drug-likeness (QED) is 0.731. The third kappa shape index (κ3) is 4.42. The zero-order valence-electron chi connectivity index (χ0n) is 11.3. The van der Waals surface area contributed by atoms with E-state index in [2.05, 4.69) is 26.1 Å². The van der Waals surface area contributed by atoms with Gasteiger partial charge in [0, 0.05) is 24.6 Å². The van der Waals surface area contributed by atoms with Gasteiger partial charge in [-0.2, -0.15) is 0 Å². The molecule has 1 saturated carbocycles. The van der Waals surface area contributed by atoms with Gasteiger partial charge in [-0.25, -0.2) is 0 Å². The van der Waals surface area contributed by atoms with Gasteiger partial charge >= 0.3 is 0 Å². The average Bonchev–Trinajstić information content (AvgIpc) is 2.27. The molecule has 1 rings (SSSR count). The van der Waals surface area contributed by atoms with Gasteiger partial charge in [-0.1, -0.05) is 33.1 Å². The molecule has 0 bridgehead atoms. The van der Waals surface area contributed by atoms with E-state index in [1.807, 2.05) is 0 Å². The van der Waals surface area contributed by atoms with E-state index in [0.29, 0.717) is 12.6 Å². The molecule has 0 aromatic rings. The first-order valence-electron chi connectivity index (χ1n) is 6.92. The van der Waals surface area contributed by atoms with Gasteiger partial charge in [-0.05, 0) is 32.1 Å². The molecule has 2 heteroatoms. The molecular formula is C14H29NO. The monoisotopic (exact) mass is 227 g/mol. The fourth-order valence-corrected chi connectivity index (χ4v) is 2.87. The molecule has 1 fully saturated rings. The molecule has 1 aliphatic rings. The van der Waals surface area contributed by atoms with Crippen molar-refractivity contribution in [3.05, 3.63) is 0 Å². The van der Waals surface area contributed by atoms with Gasteiger partial charge in [-0.15, -0.1) is 0 Å². The van der Waals surface area contributed by atoms with Crippen LogP contribution in [0.4, 0.5) is 0 Å². The van der Waals surface area contributed by atoms with Gasteiger partial charge in [0.1, 0.15) is 0 Å². The molecule has 0 aromatic carbocycles. The maximum Gasteiger partial charge on any atom is 0.0499 e. The summed E-state index contributed by atoms with van der Waals surface area (Å²) in [6.45, 7) is 8.14. The summed E-state index contributed by atoms with van der Waals surface area (Å²) in [6, 6.07) is 0.574. The first kappa shape index (κ1) is 14.0. The summed E-state index contributed by atoms with van der Waals surface area (Å²) in [7, 11) is 0. The molecule has 0 heterocycles. The van der Waals surface area contributed by atoms with Crippen molar-refractivity contribution in [2.45, 2.75) is 65.3 Å². The van der Waals surface area contributed by atoms with Crippen LogP contribution in [0.5, 0.6) is 0 Å². The van der Waals surface area contributed by atoms with E-state index in [1.54, 1.807) is 0 Å². The van der Waals surface area contributed by atoms with Crippen molar-refractivity contribution in [1.29, 1.82) is 0 Å². The summed E-state index contributed by atoms with van der Waals surface area (Å²) in [5, 5.41) is 13.2. The number of aliphatic hydroxyl groups excluding tert-OH is 1. The summed E-state index contributed by atoms with van der Waals surface area (Å²) >= 11 is 0. The molecule has 1 aliphatic carbocycles. The van der Waals surface area contributed by atoms with Crippen LogP contribution in [0, 0.1) is 11.3 Å². The largest absolute Gasteiger partial charge is 0.396 e. The highest BCUT2D eigenvalue weighted by atomic mass is 16.3. The number of rotatable bonds is 6. The second-order valence-electron chi connectivity index (χ2n) is 6.13. The first-order chi connectivity index (χ1) is 7.58. The van der Waals surface area contributed by atoms with Crippen LogP contribution >= 0.6 is 0 Å². The van der Waals surface area contributed by atoms with E-state index in [1.165, 1.54) is 38.5 Å². The topological polar surface area (TPSA) is 32.3 Å². The highest BCUT2D eigenvalue weighted by Gasteiger charge is 2.31. The molecule has 0 aromatic heterocycles. The SMILES string of the molecule is CC(C)CC(C)NCC1(CO)CCCCC1. The predicted octanol–water partition coefficient (Wildman–Crippen LogP) is 2.95. The van der Waals surface area contributed by atoms with Crippen molar-refractivity contribution in [3.63, 3.8) is 0 Å². The van der Waals surface area contributed by atoms with Crippen LogP contribution in [-0.2, 0) is 0 Å². The van der Waals surface area contributed by atoms with Crippen LogP contribution in [0.25, 0.3) is 0 Å². The molecule has 0 amide bonds. The molecule has 0 saturated heterocycles. The van der Waals surface area contributed by atoms with E-state index in [0.717, 1.165) is 12.5 Å². The second-order valence-corrected chi connectivity index (χ2v) is 6.13. The lowest BCUT2D eigenvalue weighted by atomic mass is 9.74. The van der Waals surface area contributed by atoms with Crippen LogP contribution in [0.15, 0.2) is 0 Å². The Balaban J connectivity index is 2.32.